The molecule has 2 saturated heterocycles. The van der Waals surface area contributed by atoms with E-state index in [9.17, 15) is 4.79 Å². The Balaban J connectivity index is 1.35. The van der Waals surface area contributed by atoms with E-state index in [0.29, 0.717) is 30.7 Å². The fourth-order valence-corrected chi connectivity index (χ4v) is 4.66. The number of ether oxygens (including phenoxy) is 1. The fraction of sp³-hybridized carbons (Fsp3) is 0.600. The van der Waals surface area contributed by atoms with Gasteiger partial charge in [0.25, 0.3) is 5.91 Å². The summed E-state index contributed by atoms with van der Waals surface area (Å²) in [5.74, 6) is 0.654. The van der Waals surface area contributed by atoms with Crippen LogP contribution in [0.4, 0.5) is 5.13 Å². The molecular formula is C15H19N5O2S2. The van der Waals surface area contributed by atoms with Crippen LogP contribution in [0.5, 0.6) is 0 Å². The highest BCUT2D eigenvalue weighted by atomic mass is 32.1. The molecule has 9 heteroatoms. The van der Waals surface area contributed by atoms with E-state index >= 15 is 0 Å². The standard InChI is InChI=1S/C15H19N5O2S2/c1-8-17-12(7-23-8)14(21)16-3-10-6-22-13-5-20(4-11(10)13)15-19-18-9(2)24-15/h7,10-11,13H,3-6H2,1-2H3,(H,16,21)/t10-,11+,13+/m1/s1. The minimum atomic E-state index is -0.0996. The highest BCUT2D eigenvalue weighted by Crippen LogP contribution is 2.36. The Kier molecular flexibility index (Phi) is 4.23. The normalized spacial score (nSPS) is 25.9. The largest absolute Gasteiger partial charge is 0.376 e. The van der Waals surface area contributed by atoms with Crippen molar-refractivity contribution in [3.8, 4) is 0 Å². The summed E-state index contributed by atoms with van der Waals surface area (Å²) in [5, 5.41) is 16.0. The molecule has 2 fully saturated rings. The highest BCUT2D eigenvalue weighted by molar-refractivity contribution is 7.15. The van der Waals surface area contributed by atoms with Crippen LogP contribution in [0.2, 0.25) is 0 Å². The van der Waals surface area contributed by atoms with Crippen molar-refractivity contribution in [2.75, 3.05) is 31.1 Å². The molecule has 4 rings (SSSR count). The Morgan fingerprint density at radius 2 is 2.25 bits per heavy atom. The summed E-state index contributed by atoms with van der Waals surface area (Å²) in [7, 11) is 0. The number of anilines is 1. The van der Waals surface area contributed by atoms with Gasteiger partial charge in [-0.15, -0.1) is 21.5 Å². The van der Waals surface area contributed by atoms with Gasteiger partial charge in [0.05, 0.1) is 17.7 Å². The van der Waals surface area contributed by atoms with Crippen molar-refractivity contribution in [1.82, 2.24) is 20.5 Å². The van der Waals surface area contributed by atoms with Crippen molar-refractivity contribution < 1.29 is 9.53 Å². The number of hydrogen-bond donors (Lipinski definition) is 1. The van der Waals surface area contributed by atoms with Gasteiger partial charge >= 0.3 is 0 Å². The summed E-state index contributed by atoms with van der Waals surface area (Å²) in [6, 6.07) is 0. The monoisotopic (exact) mass is 365 g/mol. The van der Waals surface area contributed by atoms with Gasteiger partial charge in [0, 0.05) is 36.9 Å². The van der Waals surface area contributed by atoms with Crippen LogP contribution in [0.3, 0.4) is 0 Å². The highest BCUT2D eigenvalue weighted by Gasteiger charge is 2.44. The zero-order valence-corrected chi connectivity index (χ0v) is 15.2. The van der Waals surface area contributed by atoms with Gasteiger partial charge in [-0.05, 0) is 13.8 Å². The van der Waals surface area contributed by atoms with Crippen molar-refractivity contribution in [3.05, 3.63) is 21.1 Å². The molecule has 1 amide bonds. The third-order valence-electron chi connectivity index (χ3n) is 4.60. The van der Waals surface area contributed by atoms with Crippen LogP contribution in [-0.4, -0.2) is 53.4 Å². The number of aryl methyl sites for hydroxylation is 2. The lowest BCUT2D eigenvalue weighted by atomic mass is 9.93. The average Bonchev–Trinajstić information content (AvgIpc) is 3.29. The van der Waals surface area contributed by atoms with Crippen molar-refractivity contribution in [1.29, 1.82) is 0 Å². The number of carbonyl (C=O) groups is 1. The van der Waals surface area contributed by atoms with Crippen LogP contribution in [0, 0.1) is 25.7 Å². The first kappa shape index (κ1) is 15.9. The molecule has 2 aromatic heterocycles. The third kappa shape index (κ3) is 3.03. The molecular weight excluding hydrogens is 346 g/mol. The second kappa shape index (κ2) is 6.38. The predicted octanol–water partition coefficient (Wildman–Crippen LogP) is 1.49. The Morgan fingerprint density at radius 1 is 1.38 bits per heavy atom. The second-order valence-corrected chi connectivity index (χ2v) is 8.49. The van der Waals surface area contributed by atoms with Crippen molar-refractivity contribution in [2.24, 2.45) is 11.8 Å². The minimum absolute atomic E-state index is 0.0996. The first-order valence-corrected chi connectivity index (χ1v) is 9.67. The lowest BCUT2D eigenvalue weighted by Gasteiger charge is -2.18. The quantitative estimate of drug-likeness (QED) is 0.884. The molecule has 0 spiro atoms. The fourth-order valence-electron chi connectivity index (χ4n) is 3.36. The van der Waals surface area contributed by atoms with E-state index in [-0.39, 0.29) is 12.0 Å². The first-order chi connectivity index (χ1) is 11.6. The van der Waals surface area contributed by atoms with Gasteiger partial charge in [0.2, 0.25) is 5.13 Å². The van der Waals surface area contributed by atoms with Crippen molar-refractivity contribution in [3.63, 3.8) is 0 Å². The van der Waals surface area contributed by atoms with Gasteiger partial charge in [-0.3, -0.25) is 4.79 Å². The van der Waals surface area contributed by atoms with Crippen LogP contribution in [0.15, 0.2) is 5.38 Å². The van der Waals surface area contributed by atoms with E-state index in [1.165, 1.54) is 11.3 Å². The average molecular weight is 365 g/mol. The number of rotatable bonds is 4. The predicted molar refractivity (Wildman–Crippen MR) is 92.8 cm³/mol. The second-order valence-electron chi connectivity index (χ2n) is 6.27. The van der Waals surface area contributed by atoms with E-state index < -0.39 is 0 Å². The Bertz CT molecular complexity index is 746. The number of fused-ring (bicyclic) bond motifs is 1. The molecule has 2 aromatic rings. The van der Waals surface area contributed by atoms with Gasteiger partial charge in [0.15, 0.2) is 0 Å². The number of thiazole rings is 1. The number of nitrogens with zero attached hydrogens (tertiary/aromatic N) is 4. The zero-order chi connectivity index (χ0) is 16.7. The van der Waals surface area contributed by atoms with Crippen LogP contribution in [-0.2, 0) is 4.74 Å². The van der Waals surface area contributed by atoms with E-state index in [1.54, 1.807) is 16.7 Å². The molecule has 3 atom stereocenters. The molecule has 0 saturated carbocycles. The minimum Gasteiger partial charge on any atom is -0.376 e. The summed E-state index contributed by atoms with van der Waals surface area (Å²) in [4.78, 5) is 18.6. The van der Waals surface area contributed by atoms with Gasteiger partial charge in [-0.25, -0.2) is 4.98 Å². The zero-order valence-electron chi connectivity index (χ0n) is 13.6. The number of nitrogens with one attached hydrogen (secondary N) is 1. The molecule has 0 radical (unpaired) electrons. The number of amides is 1. The summed E-state index contributed by atoms with van der Waals surface area (Å²) < 4.78 is 5.94. The van der Waals surface area contributed by atoms with Gasteiger partial charge in [-0.1, -0.05) is 11.3 Å². The third-order valence-corrected chi connectivity index (χ3v) is 6.27. The molecule has 0 bridgehead atoms. The van der Waals surface area contributed by atoms with Crippen LogP contribution >= 0.6 is 22.7 Å². The number of aromatic nitrogens is 3. The van der Waals surface area contributed by atoms with Gasteiger partial charge < -0.3 is 15.0 Å². The van der Waals surface area contributed by atoms with Crippen LogP contribution in [0.1, 0.15) is 20.5 Å². The van der Waals surface area contributed by atoms with E-state index in [1.807, 2.05) is 13.8 Å². The summed E-state index contributed by atoms with van der Waals surface area (Å²) >= 11 is 3.11. The van der Waals surface area contributed by atoms with Crippen LogP contribution < -0.4 is 10.2 Å². The molecule has 0 aromatic carbocycles. The molecule has 4 heterocycles. The SMILES string of the molecule is Cc1nc(C(=O)NC[C@@H]2CO[C@H]3CN(c4nnc(C)s4)C[C@@H]23)cs1. The topological polar surface area (TPSA) is 80.2 Å². The molecule has 1 N–H and O–H groups in total. The molecule has 7 nitrogen and oxygen atoms in total. The van der Waals surface area contributed by atoms with E-state index in [0.717, 1.165) is 28.2 Å². The summed E-state index contributed by atoms with van der Waals surface area (Å²) in [6.45, 7) is 6.96. The summed E-state index contributed by atoms with van der Waals surface area (Å²) in [5.41, 5.74) is 0.505. The Labute approximate surface area is 148 Å². The molecule has 24 heavy (non-hydrogen) atoms. The summed E-state index contributed by atoms with van der Waals surface area (Å²) in [6.07, 6.45) is 0.220. The molecule has 2 aliphatic heterocycles. The first-order valence-electron chi connectivity index (χ1n) is 7.97. The van der Waals surface area contributed by atoms with Crippen LogP contribution in [0.25, 0.3) is 0 Å². The molecule has 0 aliphatic carbocycles. The number of carbonyl (C=O) groups excluding carboxylic acids is 1. The van der Waals surface area contributed by atoms with Gasteiger partial charge in [-0.2, -0.15) is 0 Å². The maximum atomic E-state index is 12.2. The molecule has 128 valence electrons. The maximum absolute atomic E-state index is 12.2. The van der Waals surface area contributed by atoms with Crippen molar-refractivity contribution >= 4 is 33.7 Å². The Hall–Kier alpha value is -1.58. The lowest BCUT2D eigenvalue weighted by Crippen LogP contribution is -2.34. The van der Waals surface area contributed by atoms with E-state index in [4.69, 9.17) is 4.74 Å². The Morgan fingerprint density at radius 3 is 2.96 bits per heavy atom. The van der Waals surface area contributed by atoms with Gasteiger partial charge in [0.1, 0.15) is 10.7 Å². The molecule has 0 unspecified atom stereocenters. The smallest absolute Gasteiger partial charge is 0.270 e. The molecule has 2 aliphatic rings. The van der Waals surface area contributed by atoms with Crippen molar-refractivity contribution in [2.45, 2.75) is 20.0 Å². The maximum Gasteiger partial charge on any atom is 0.270 e. The van der Waals surface area contributed by atoms with E-state index in [2.05, 4.69) is 25.4 Å². The number of hydrogen-bond acceptors (Lipinski definition) is 8. The lowest BCUT2D eigenvalue weighted by molar-refractivity contribution is 0.0935.